The standard InChI is InChI=1S/C16H16Cl2N2OS/c1-10(15(21)11-5-3-2-4-6-11)19-16(22)20-12-7-8-13(17)14(18)9-12/h2-10,15,21H,1H3,(H2,19,20,22)/t10-,15+/m1/s1. The number of thiocarbonyl (C=S) groups is 1. The van der Waals surface area contributed by atoms with Crippen molar-refractivity contribution in [2.24, 2.45) is 0 Å². The average Bonchev–Trinajstić information content (AvgIpc) is 2.51. The summed E-state index contributed by atoms with van der Waals surface area (Å²) in [5.41, 5.74) is 1.56. The van der Waals surface area contributed by atoms with Crippen LogP contribution in [0.4, 0.5) is 5.69 Å². The summed E-state index contributed by atoms with van der Waals surface area (Å²) in [5, 5.41) is 17.7. The van der Waals surface area contributed by atoms with Gasteiger partial charge in [-0.3, -0.25) is 0 Å². The molecule has 0 unspecified atom stereocenters. The van der Waals surface area contributed by atoms with Gasteiger partial charge in [0, 0.05) is 5.69 Å². The van der Waals surface area contributed by atoms with Crippen molar-refractivity contribution in [2.75, 3.05) is 5.32 Å². The van der Waals surface area contributed by atoms with Crippen molar-refractivity contribution in [3.05, 3.63) is 64.1 Å². The number of aliphatic hydroxyl groups excluding tert-OH is 1. The molecule has 3 N–H and O–H groups in total. The van der Waals surface area contributed by atoms with E-state index in [1.54, 1.807) is 18.2 Å². The van der Waals surface area contributed by atoms with Gasteiger partial charge < -0.3 is 15.7 Å². The zero-order valence-electron chi connectivity index (χ0n) is 11.9. The third-order valence-electron chi connectivity index (χ3n) is 3.15. The highest BCUT2D eigenvalue weighted by molar-refractivity contribution is 7.80. The van der Waals surface area contributed by atoms with Gasteiger partial charge in [-0.25, -0.2) is 0 Å². The molecule has 22 heavy (non-hydrogen) atoms. The van der Waals surface area contributed by atoms with Crippen LogP contribution in [0.3, 0.4) is 0 Å². The minimum absolute atomic E-state index is 0.245. The van der Waals surface area contributed by atoms with Gasteiger partial charge in [-0.1, -0.05) is 53.5 Å². The molecule has 0 heterocycles. The number of benzene rings is 2. The van der Waals surface area contributed by atoms with Gasteiger partial charge in [-0.15, -0.1) is 0 Å². The monoisotopic (exact) mass is 354 g/mol. The fourth-order valence-electron chi connectivity index (χ4n) is 1.97. The molecule has 0 aliphatic rings. The van der Waals surface area contributed by atoms with Crippen LogP contribution in [0.2, 0.25) is 10.0 Å². The van der Waals surface area contributed by atoms with Crippen LogP contribution in [0.5, 0.6) is 0 Å². The fraction of sp³-hybridized carbons (Fsp3) is 0.188. The maximum absolute atomic E-state index is 10.3. The SMILES string of the molecule is C[C@@H](NC(=S)Nc1ccc(Cl)c(Cl)c1)[C@H](O)c1ccccc1. The third-order valence-corrected chi connectivity index (χ3v) is 4.11. The zero-order chi connectivity index (χ0) is 16.1. The minimum atomic E-state index is -0.658. The highest BCUT2D eigenvalue weighted by Gasteiger charge is 2.16. The molecule has 2 rings (SSSR count). The van der Waals surface area contributed by atoms with Crippen LogP contribution in [0.1, 0.15) is 18.6 Å². The van der Waals surface area contributed by atoms with Gasteiger partial charge in [0.15, 0.2) is 5.11 Å². The second-order valence-corrected chi connectivity index (χ2v) is 6.09. The molecular formula is C16H16Cl2N2OS. The van der Waals surface area contributed by atoms with Gasteiger partial charge >= 0.3 is 0 Å². The van der Waals surface area contributed by atoms with E-state index in [-0.39, 0.29) is 6.04 Å². The first-order valence-corrected chi connectivity index (χ1v) is 7.89. The summed E-state index contributed by atoms with van der Waals surface area (Å²) in [6.07, 6.45) is -0.658. The molecule has 3 nitrogen and oxygen atoms in total. The number of halogens is 2. The molecule has 116 valence electrons. The molecule has 0 saturated carbocycles. The van der Waals surface area contributed by atoms with Crippen LogP contribution in [0.15, 0.2) is 48.5 Å². The molecule has 2 aromatic carbocycles. The quantitative estimate of drug-likeness (QED) is 0.712. The lowest BCUT2D eigenvalue weighted by Crippen LogP contribution is -2.39. The molecule has 0 saturated heterocycles. The van der Waals surface area contributed by atoms with Crippen LogP contribution < -0.4 is 10.6 Å². The molecule has 2 aromatic rings. The Morgan fingerprint density at radius 2 is 1.77 bits per heavy atom. The van der Waals surface area contributed by atoms with Crippen molar-refractivity contribution in [3.63, 3.8) is 0 Å². The van der Waals surface area contributed by atoms with Crippen LogP contribution in [-0.4, -0.2) is 16.3 Å². The lowest BCUT2D eigenvalue weighted by Gasteiger charge is -2.22. The van der Waals surface area contributed by atoms with E-state index in [2.05, 4.69) is 10.6 Å². The van der Waals surface area contributed by atoms with E-state index >= 15 is 0 Å². The predicted molar refractivity (Wildman–Crippen MR) is 96.7 cm³/mol. The Morgan fingerprint density at radius 3 is 2.41 bits per heavy atom. The van der Waals surface area contributed by atoms with Crippen molar-refractivity contribution in [1.29, 1.82) is 0 Å². The van der Waals surface area contributed by atoms with Crippen LogP contribution in [-0.2, 0) is 0 Å². The normalized spacial score (nSPS) is 13.3. The molecule has 0 fully saturated rings. The molecule has 0 aromatic heterocycles. The lowest BCUT2D eigenvalue weighted by atomic mass is 10.0. The van der Waals surface area contributed by atoms with Crippen molar-refractivity contribution < 1.29 is 5.11 Å². The highest BCUT2D eigenvalue weighted by atomic mass is 35.5. The maximum Gasteiger partial charge on any atom is 0.171 e. The van der Waals surface area contributed by atoms with E-state index in [9.17, 15) is 5.11 Å². The van der Waals surface area contributed by atoms with Gasteiger partial charge in [-0.2, -0.15) is 0 Å². The summed E-state index contributed by atoms with van der Waals surface area (Å²) in [6.45, 7) is 1.86. The first kappa shape index (κ1) is 17.0. The predicted octanol–water partition coefficient (Wildman–Crippen LogP) is 4.40. The first-order chi connectivity index (χ1) is 10.5. The van der Waals surface area contributed by atoms with E-state index < -0.39 is 6.10 Å². The van der Waals surface area contributed by atoms with E-state index in [0.717, 1.165) is 11.3 Å². The van der Waals surface area contributed by atoms with Gasteiger partial charge in [0.25, 0.3) is 0 Å². The Kier molecular flexibility index (Phi) is 6.03. The van der Waals surface area contributed by atoms with E-state index in [1.807, 2.05) is 37.3 Å². The number of nitrogens with one attached hydrogen (secondary N) is 2. The Labute approximate surface area is 145 Å². The van der Waals surface area contributed by atoms with E-state index in [0.29, 0.717) is 15.2 Å². The second kappa shape index (κ2) is 7.79. The lowest BCUT2D eigenvalue weighted by molar-refractivity contribution is 0.145. The van der Waals surface area contributed by atoms with Gasteiger partial charge in [-0.05, 0) is 42.9 Å². The average molecular weight is 355 g/mol. The molecule has 0 aliphatic heterocycles. The zero-order valence-corrected chi connectivity index (χ0v) is 14.2. The number of anilines is 1. The van der Waals surface area contributed by atoms with Crippen LogP contribution >= 0.6 is 35.4 Å². The number of aliphatic hydroxyl groups is 1. The molecule has 0 radical (unpaired) electrons. The topological polar surface area (TPSA) is 44.3 Å². The Hall–Kier alpha value is -1.33. The fourth-order valence-corrected chi connectivity index (χ4v) is 2.57. The summed E-state index contributed by atoms with van der Waals surface area (Å²) in [4.78, 5) is 0. The molecular weight excluding hydrogens is 339 g/mol. The molecule has 6 heteroatoms. The van der Waals surface area contributed by atoms with Crippen LogP contribution in [0, 0.1) is 0 Å². The maximum atomic E-state index is 10.3. The van der Waals surface area contributed by atoms with Gasteiger partial charge in [0.1, 0.15) is 0 Å². The second-order valence-electron chi connectivity index (χ2n) is 4.87. The molecule has 0 spiro atoms. The molecule has 0 amide bonds. The van der Waals surface area contributed by atoms with Crippen molar-refractivity contribution in [3.8, 4) is 0 Å². The molecule has 0 bridgehead atoms. The summed E-state index contributed by atoms with van der Waals surface area (Å²) < 4.78 is 0. The highest BCUT2D eigenvalue weighted by Crippen LogP contribution is 2.25. The van der Waals surface area contributed by atoms with Crippen LogP contribution in [0.25, 0.3) is 0 Å². The van der Waals surface area contributed by atoms with Gasteiger partial charge in [0.2, 0.25) is 0 Å². The summed E-state index contributed by atoms with van der Waals surface area (Å²) in [7, 11) is 0. The number of hydrogen-bond acceptors (Lipinski definition) is 2. The molecule has 0 aliphatic carbocycles. The summed E-state index contributed by atoms with van der Waals surface area (Å²) in [5.74, 6) is 0. The Bertz CT molecular complexity index is 652. The summed E-state index contributed by atoms with van der Waals surface area (Å²) in [6, 6.07) is 14.3. The smallest absolute Gasteiger partial charge is 0.171 e. The van der Waals surface area contributed by atoms with Crippen molar-refractivity contribution >= 4 is 46.2 Å². The Balaban J connectivity index is 1.95. The largest absolute Gasteiger partial charge is 0.386 e. The summed E-state index contributed by atoms with van der Waals surface area (Å²) >= 11 is 17.1. The van der Waals surface area contributed by atoms with Crippen molar-refractivity contribution in [2.45, 2.75) is 19.1 Å². The third kappa shape index (κ3) is 4.58. The van der Waals surface area contributed by atoms with Gasteiger partial charge in [0.05, 0.1) is 22.2 Å². The number of hydrogen-bond donors (Lipinski definition) is 3. The molecule has 2 atom stereocenters. The first-order valence-electron chi connectivity index (χ1n) is 6.73. The number of rotatable bonds is 4. The minimum Gasteiger partial charge on any atom is -0.386 e. The van der Waals surface area contributed by atoms with E-state index in [4.69, 9.17) is 35.4 Å². The van der Waals surface area contributed by atoms with E-state index in [1.165, 1.54) is 0 Å². The van der Waals surface area contributed by atoms with Crippen molar-refractivity contribution in [1.82, 2.24) is 5.32 Å². The Morgan fingerprint density at radius 1 is 1.09 bits per heavy atom.